The molecule has 1 aromatic heterocycles. The lowest BCUT2D eigenvalue weighted by molar-refractivity contribution is 0.997. The molecule has 0 atom stereocenters. The van der Waals surface area contributed by atoms with E-state index in [9.17, 15) is 0 Å². The topological polar surface area (TPSA) is 67.1 Å². The summed E-state index contributed by atoms with van der Waals surface area (Å²) in [6.45, 7) is 3.36. The van der Waals surface area contributed by atoms with E-state index < -0.39 is 0 Å². The van der Waals surface area contributed by atoms with Crippen LogP contribution in [-0.4, -0.2) is 30.1 Å². The van der Waals surface area contributed by atoms with Crippen molar-refractivity contribution in [3.63, 3.8) is 0 Å². The van der Waals surface area contributed by atoms with Crippen LogP contribution in [0.15, 0.2) is 36.7 Å². The SMILES string of the molecule is Cc1ccccc1N(C)c1cc(NCCN)ncn1. The maximum absolute atomic E-state index is 5.47. The molecule has 100 valence electrons. The highest BCUT2D eigenvalue weighted by atomic mass is 15.2. The number of aryl methyl sites for hydroxylation is 1. The molecule has 0 unspecified atom stereocenters. The Morgan fingerprint density at radius 3 is 2.79 bits per heavy atom. The van der Waals surface area contributed by atoms with E-state index in [1.807, 2.05) is 30.1 Å². The quantitative estimate of drug-likeness (QED) is 0.856. The van der Waals surface area contributed by atoms with Gasteiger partial charge >= 0.3 is 0 Å². The van der Waals surface area contributed by atoms with Gasteiger partial charge in [0.2, 0.25) is 0 Å². The van der Waals surface area contributed by atoms with Gasteiger partial charge in [-0.25, -0.2) is 9.97 Å². The van der Waals surface area contributed by atoms with Crippen LogP contribution in [0.25, 0.3) is 0 Å². The van der Waals surface area contributed by atoms with E-state index in [1.165, 1.54) is 5.56 Å². The predicted molar refractivity (Wildman–Crippen MR) is 78.8 cm³/mol. The maximum atomic E-state index is 5.47. The summed E-state index contributed by atoms with van der Waals surface area (Å²) in [5.41, 5.74) is 7.81. The number of hydrogen-bond acceptors (Lipinski definition) is 5. The Morgan fingerprint density at radius 2 is 2.05 bits per heavy atom. The van der Waals surface area contributed by atoms with E-state index in [-0.39, 0.29) is 0 Å². The average Bonchev–Trinajstić information content (AvgIpc) is 2.45. The van der Waals surface area contributed by atoms with Gasteiger partial charge in [0.05, 0.1) is 0 Å². The molecule has 5 nitrogen and oxygen atoms in total. The van der Waals surface area contributed by atoms with Gasteiger partial charge in [-0.05, 0) is 18.6 Å². The van der Waals surface area contributed by atoms with Gasteiger partial charge in [-0.1, -0.05) is 18.2 Å². The number of aromatic nitrogens is 2. The Bertz CT molecular complexity index is 541. The summed E-state index contributed by atoms with van der Waals surface area (Å²) >= 11 is 0. The fourth-order valence-corrected chi connectivity index (χ4v) is 1.89. The lowest BCUT2D eigenvalue weighted by Gasteiger charge is -2.20. The van der Waals surface area contributed by atoms with Crippen molar-refractivity contribution in [1.29, 1.82) is 0 Å². The third kappa shape index (κ3) is 3.20. The fourth-order valence-electron chi connectivity index (χ4n) is 1.89. The molecular weight excluding hydrogens is 238 g/mol. The number of rotatable bonds is 5. The molecule has 2 aromatic rings. The monoisotopic (exact) mass is 257 g/mol. The van der Waals surface area contributed by atoms with E-state index in [2.05, 4.69) is 34.3 Å². The second kappa shape index (κ2) is 6.15. The van der Waals surface area contributed by atoms with E-state index in [1.54, 1.807) is 6.33 Å². The molecule has 0 bridgehead atoms. The Hall–Kier alpha value is -2.14. The first-order valence-corrected chi connectivity index (χ1v) is 6.27. The van der Waals surface area contributed by atoms with Gasteiger partial charge in [0, 0.05) is 31.9 Å². The summed E-state index contributed by atoms with van der Waals surface area (Å²) < 4.78 is 0. The largest absolute Gasteiger partial charge is 0.369 e. The molecule has 2 rings (SSSR count). The molecule has 0 saturated carbocycles. The van der Waals surface area contributed by atoms with Crippen LogP contribution in [0.2, 0.25) is 0 Å². The molecule has 0 saturated heterocycles. The molecule has 0 amide bonds. The minimum Gasteiger partial charge on any atom is -0.369 e. The van der Waals surface area contributed by atoms with Crippen LogP contribution in [0, 0.1) is 6.92 Å². The van der Waals surface area contributed by atoms with Crippen LogP contribution in [0.1, 0.15) is 5.56 Å². The lowest BCUT2D eigenvalue weighted by atomic mass is 10.2. The predicted octanol–water partition coefficient (Wildman–Crippen LogP) is 1.92. The number of para-hydroxylation sites is 1. The molecule has 0 fully saturated rings. The van der Waals surface area contributed by atoms with Crippen LogP contribution in [-0.2, 0) is 0 Å². The molecule has 0 spiro atoms. The maximum Gasteiger partial charge on any atom is 0.138 e. The molecule has 3 N–H and O–H groups in total. The second-order valence-corrected chi connectivity index (χ2v) is 4.32. The number of nitrogens with one attached hydrogen (secondary N) is 1. The molecular formula is C14H19N5. The zero-order valence-electron chi connectivity index (χ0n) is 11.3. The summed E-state index contributed by atoms with van der Waals surface area (Å²) in [5, 5.41) is 3.15. The molecule has 0 aliphatic heterocycles. The third-order valence-electron chi connectivity index (χ3n) is 2.92. The summed E-state index contributed by atoms with van der Waals surface area (Å²) in [4.78, 5) is 10.5. The molecule has 1 aromatic carbocycles. The Kier molecular flexibility index (Phi) is 4.30. The molecule has 0 radical (unpaired) electrons. The van der Waals surface area contributed by atoms with Gasteiger partial charge in [0.15, 0.2) is 0 Å². The molecule has 0 aliphatic carbocycles. The van der Waals surface area contributed by atoms with Crippen molar-refractivity contribution >= 4 is 17.3 Å². The van der Waals surface area contributed by atoms with Crippen molar-refractivity contribution in [3.05, 3.63) is 42.2 Å². The smallest absolute Gasteiger partial charge is 0.138 e. The van der Waals surface area contributed by atoms with Crippen molar-refractivity contribution < 1.29 is 0 Å². The zero-order valence-corrected chi connectivity index (χ0v) is 11.3. The highest BCUT2D eigenvalue weighted by molar-refractivity contribution is 5.64. The standard InChI is InChI=1S/C14H19N5/c1-11-5-3-4-6-12(11)19(2)14-9-13(16-8-7-15)17-10-18-14/h3-6,9-10H,7-8,15H2,1-2H3,(H,16,17,18). The van der Waals surface area contributed by atoms with Gasteiger partial charge in [0.25, 0.3) is 0 Å². The Morgan fingerprint density at radius 1 is 1.26 bits per heavy atom. The Balaban J connectivity index is 2.24. The molecule has 19 heavy (non-hydrogen) atoms. The van der Waals surface area contributed by atoms with Gasteiger partial charge in [-0.2, -0.15) is 0 Å². The number of anilines is 3. The van der Waals surface area contributed by atoms with Crippen molar-refractivity contribution in [2.45, 2.75) is 6.92 Å². The first-order chi connectivity index (χ1) is 9.22. The van der Waals surface area contributed by atoms with Crippen LogP contribution in [0.4, 0.5) is 17.3 Å². The Labute approximate surface area is 113 Å². The highest BCUT2D eigenvalue weighted by Gasteiger charge is 2.08. The molecule has 5 heteroatoms. The van der Waals surface area contributed by atoms with E-state index >= 15 is 0 Å². The van der Waals surface area contributed by atoms with E-state index in [4.69, 9.17) is 5.73 Å². The van der Waals surface area contributed by atoms with Gasteiger partial charge in [-0.3, -0.25) is 0 Å². The second-order valence-electron chi connectivity index (χ2n) is 4.32. The zero-order chi connectivity index (χ0) is 13.7. The summed E-state index contributed by atoms with van der Waals surface area (Å²) in [6, 6.07) is 10.1. The van der Waals surface area contributed by atoms with Gasteiger partial charge < -0.3 is 16.0 Å². The van der Waals surface area contributed by atoms with Crippen LogP contribution < -0.4 is 16.0 Å². The summed E-state index contributed by atoms with van der Waals surface area (Å²) in [7, 11) is 2.00. The van der Waals surface area contributed by atoms with Crippen molar-refractivity contribution in [3.8, 4) is 0 Å². The molecule has 0 aliphatic rings. The van der Waals surface area contributed by atoms with Gasteiger partial charge in [0.1, 0.15) is 18.0 Å². The average molecular weight is 257 g/mol. The number of hydrogen-bond donors (Lipinski definition) is 2. The first kappa shape index (κ1) is 13.3. The fraction of sp³-hybridized carbons (Fsp3) is 0.286. The summed E-state index contributed by atoms with van der Waals surface area (Å²) in [5.74, 6) is 1.64. The van der Waals surface area contributed by atoms with E-state index in [0.717, 1.165) is 17.3 Å². The van der Waals surface area contributed by atoms with Crippen LogP contribution in [0.5, 0.6) is 0 Å². The van der Waals surface area contributed by atoms with Crippen molar-refractivity contribution in [1.82, 2.24) is 9.97 Å². The number of nitrogens with zero attached hydrogens (tertiary/aromatic N) is 3. The van der Waals surface area contributed by atoms with Crippen LogP contribution in [0.3, 0.4) is 0 Å². The highest BCUT2D eigenvalue weighted by Crippen LogP contribution is 2.25. The van der Waals surface area contributed by atoms with Crippen molar-refractivity contribution in [2.75, 3.05) is 30.4 Å². The van der Waals surface area contributed by atoms with E-state index in [0.29, 0.717) is 13.1 Å². The van der Waals surface area contributed by atoms with Gasteiger partial charge in [-0.15, -0.1) is 0 Å². The van der Waals surface area contributed by atoms with Crippen LogP contribution >= 0.6 is 0 Å². The lowest BCUT2D eigenvalue weighted by Crippen LogP contribution is -2.16. The normalized spacial score (nSPS) is 10.3. The minimum atomic E-state index is 0.576. The summed E-state index contributed by atoms with van der Waals surface area (Å²) in [6.07, 6.45) is 1.56. The first-order valence-electron chi connectivity index (χ1n) is 6.27. The number of nitrogens with two attached hydrogens (primary N) is 1. The third-order valence-corrected chi connectivity index (χ3v) is 2.92. The number of benzene rings is 1. The minimum absolute atomic E-state index is 0.576. The molecule has 1 heterocycles. The van der Waals surface area contributed by atoms with Crippen molar-refractivity contribution in [2.24, 2.45) is 5.73 Å².